The van der Waals surface area contributed by atoms with Gasteiger partial charge in [0.05, 0.1) is 0 Å². The van der Waals surface area contributed by atoms with Crippen LogP contribution in [-0.2, 0) is 0 Å². The highest BCUT2D eigenvalue weighted by Crippen LogP contribution is 2.61. The van der Waals surface area contributed by atoms with Gasteiger partial charge in [-0.25, -0.2) is 0 Å². The molecule has 0 saturated heterocycles. The van der Waals surface area contributed by atoms with Crippen LogP contribution in [0.1, 0.15) is 39.0 Å². The minimum Gasteiger partial charge on any atom is -0.319 e. The van der Waals surface area contributed by atoms with Crippen LogP contribution >= 0.6 is 0 Å². The summed E-state index contributed by atoms with van der Waals surface area (Å²) < 4.78 is 0. The molecule has 0 amide bonds. The first kappa shape index (κ1) is 9.21. The lowest BCUT2D eigenvalue weighted by Gasteiger charge is -2.59. The van der Waals surface area contributed by atoms with E-state index in [9.17, 15) is 0 Å². The van der Waals surface area contributed by atoms with Crippen molar-refractivity contribution >= 4 is 0 Å². The Morgan fingerprint density at radius 3 is 2.29 bits per heavy atom. The Bertz CT molecular complexity index is 219. The van der Waals surface area contributed by atoms with Gasteiger partial charge in [0.15, 0.2) is 0 Å². The molecule has 0 aromatic carbocycles. The summed E-state index contributed by atoms with van der Waals surface area (Å²) >= 11 is 0. The van der Waals surface area contributed by atoms with Crippen molar-refractivity contribution in [2.45, 2.75) is 39.0 Å². The summed E-state index contributed by atoms with van der Waals surface area (Å²) in [4.78, 5) is 0. The number of hydrogen-bond donors (Lipinski definition) is 1. The topological polar surface area (TPSA) is 12.0 Å². The molecule has 1 nitrogen and oxygen atoms in total. The van der Waals surface area contributed by atoms with Gasteiger partial charge in [-0.3, -0.25) is 0 Å². The molecule has 4 saturated carbocycles. The molecular weight excluding hydrogens is 170 g/mol. The number of rotatable bonds is 2. The van der Waals surface area contributed by atoms with Gasteiger partial charge in [-0.05, 0) is 74.8 Å². The van der Waals surface area contributed by atoms with Gasteiger partial charge in [-0.1, -0.05) is 6.92 Å². The first-order chi connectivity index (χ1) is 6.70. The number of nitrogens with one attached hydrogen (secondary N) is 1. The zero-order valence-electron chi connectivity index (χ0n) is 9.55. The zero-order chi connectivity index (χ0) is 9.76. The molecule has 0 aromatic heterocycles. The first-order valence-corrected chi connectivity index (χ1v) is 6.35. The fraction of sp³-hybridized carbons (Fsp3) is 1.00. The van der Waals surface area contributed by atoms with Crippen LogP contribution < -0.4 is 5.32 Å². The van der Waals surface area contributed by atoms with E-state index in [1.165, 1.54) is 19.4 Å². The second kappa shape index (κ2) is 2.98. The van der Waals surface area contributed by atoms with Gasteiger partial charge < -0.3 is 5.32 Å². The summed E-state index contributed by atoms with van der Waals surface area (Å²) in [6, 6.07) is 0. The van der Waals surface area contributed by atoms with Crippen LogP contribution in [0.5, 0.6) is 0 Å². The van der Waals surface area contributed by atoms with Crippen molar-refractivity contribution in [2.24, 2.45) is 29.1 Å². The fourth-order valence-electron chi connectivity index (χ4n) is 5.11. The zero-order valence-corrected chi connectivity index (χ0v) is 9.55. The first-order valence-electron chi connectivity index (χ1n) is 6.35. The normalized spacial score (nSPS) is 55.3. The Morgan fingerprint density at radius 1 is 1.14 bits per heavy atom. The highest BCUT2D eigenvalue weighted by Gasteiger charge is 2.52. The van der Waals surface area contributed by atoms with Crippen molar-refractivity contribution in [2.75, 3.05) is 13.6 Å². The lowest BCUT2D eigenvalue weighted by atomic mass is 9.47. The molecule has 1 N–H and O–H groups in total. The molecule has 2 atom stereocenters. The van der Waals surface area contributed by atoms with E-state index in [-0.39, 0.29) is 0 Å². The van der Waals surface area contributed by atoms with E-state index in [0.717, 1.165) is 29.1 Å². The maximum atomic E-state index is 3.41. The van der Waals surface area contributed by atoms with Gasteiger partial charge in [-0.15, -0.1) is 0 Å². The Morgan fingerprint density at radius 2 is 1.79 bits per heavy atom. The molecule has 4 fully saturated rings. The summed E-state index contributed by atoms with van der Waals surface area (Å²) in [6.45, 7) is 3.83. The largest absolute Gasteiger partial charge is 0.319 e. The average Bonchev–Trinajstić information content (AvgIpc) is 2.08. The SMILES string of the molecule is CNCC1C2CC3CC1CC(C)(C3)C2. The molecular formula is C13H23N. The molecule has 80 valence electrons. The van der Waals surface area contributed by atoms with Crippen molar-refractivity contribution in [1.29, 1.82) is 0 Å². The highest BCUT2D eigenvalue weighted by molar-refractivity contribution is 5.03. The van der Waals surface area contributed by atoms with Crippen molar-refractivity contribution in [1.82, 2.24) is 5.32 Å². The molecule has 4 aliphatic carbocycles. The molecule has 14 heavy (non-hydrogen) atoms. The van der Waals surface area contributed by atoms with Crippen LogP contribution in [0.3, 0.4) is 0 Å². The summed E-state index contributed by atoms with van der Waals surface area (Å²) in [7, 11) is 2.12. The lowest BCUT2D eigenvalue weighted by molar-refractivity contribution is -0.0844. The maximum absolute atomic E-state index is 3.41. The molecule has 4 aliphatic rings. The Balaban J connectivity index is 1.82. The minimum atomic E-state index is 0.751. The van der Waals surface area contributed by atoms with E-state index >= 15 is 0 Å². The molecule has 1 heteroatoms. The Hall–Kier alpha value is -0.0400. The standard InChI is InChI=1S/C13H23N/c1-13-5-9-3-10(6-13)12(8-14-2)11(4-9)7-13/h9-12,14H,3-8H2,1-2H3. The third kappa shape index (κ3) is 1.25. The third-order valence-corrected chi connectivity index (χ3v) is 5.21. The third-order valence-electron chi connectivity index (χ3n) is 5.21. The Kier molecular flexibility index (Phi) is 1.96. The van der Waals surface area contributed by atoms with Gasteiger partial charge in [0, 0.05) is 0 Å². The van der Waals surface area contributed by atoms with E-state index in [0.29, 0.717) is 0 Å². The minimum absolute atomic E-state index is 0.751. The Labute approximate surface area is 87.7 Å². The molecule has 0 aromatic rings. The summed E-state index contributed by atoms with van der Waals surface area (Å²) in [5, 5.41) is 3.41. The summed E-state index contributed by atoms with van der Waals surface area (Å²) in [6.07, 6.45) is 7.72. The molecule has 0 heterocycles. The van der Waals surface area contributed by atoms with Gasteiger partial charge in [0.1, 0.15) is 0 Å². The predicted molar refractivity (Wildman–Crippen MR) is 59.1 cm³/mol. The molecule has 0 aliphatic heterocycles. The lowest BCUT2D eigenvalue weighted by Crippen LogP contribution is -2.51. The van der Waals surface area contributed by atoms with E-state index in [1.54, 1.807) is 19.3 Å². The van der Waals surface area contributed by atoms with Gasteiger partial charge in [0.25, 0.3) is 0 Å². The van der Waals surface area contributed by atoms with E-state index in [4.69, 9.17) is 0 Å². The van der Waals surface area contributed by atoms with Gasteiger partial charge >= 0.3 is 0 Å². The quantitative estimate of drug-likeness (QED) is 0.711. The van der Waals surface area contributed by atoms with Crippen molar-refractivity contribution in [3.63, 3.8) is 0 Å². The number of hydrogen-bond acceptors (Lipinski definition) is 1. The van der Waals surface area contributed by atoms with Crippen LogP contribution in [0.2, 0.25) is 0 Å². The molecule has 0 spiro atoms. The smallest absolute Gasteiger partial charge is 0.00182 e. The monoisotopic (exact) mass is 193 g/mol. The van der Waals surface area contributed by atoms with Gasteiger partial charge in [0.2, 0.25) is 0 Å². The van der Waals surface area contributed by atoms with Gasteiger partial charge in [-0.2, -0.15) is 0 Å². The average molecular weight is 193 g/mol. The molecule has 2 unspecified atom stereocenters. The second-order valence-corrected chi connectivity index (χ2v) is 6.50. The van der Waals surface area contributed by atoms with E-state index < -0.39 is 0 Å². The van der Waals surface area contributed by atoms with Crippen LogP contribution in [0.15, 0.2) is 0 Å². The maximum Gasteiger partial charge on any atom is -0.00182 e. The summed E-state index contributed by atoms with van der Waals surface area (Å²) in [5.74, 6) is 4.26. The highest BCUT2D eigenvalue weighted by atomic mass is 14.8. The van der Waals surface area contributed by atoms with E-state index in [1.807, 2.05) is 0 Å². The fourth-order valence-corrected chi connectivity index (χ4v) is 5.11. The molecule has 4 rings (SSSR count). The van der Waals surface area contributed by atoms with Crippen LogP contribution in [0, 0.1) is 29.1 Å². The van der Waals surface area contributed by atoms with Crippen LogP contribution in [-0.4, -0.2) is 13.6 Å². The second-order valence-electron chi connectivity index (χ2n) is 6.50. The van der Waals surface area contributed by atoms with Crippen LogP contribution in [0.25, 0.3) is 0 Å². The predicted octanol–water partition coefficient (Wildman–Crippen LogP) is 2.67. The molecule has 4 bridgehead atoms. The van der Waals surface area contributed by atoms with Crippen molar-refractivity contribution < 1.29 is 0 Å². The molecule has 0 radical (unpaired) electrons. The summed E-state index contributed by atoms with van der Waals surface area (Å²) in [5.41, 5.74) is 0.751. The van der Waals surface area contributed by atoms with Crippen LogP contribution in [0.4, 0.5) is 0 Å². The van der Waals surface area contributed by atoms with Crippen molar-refractivity contribution in [3.05, 3.63) is 0 Å². The van der Waals surface area contributed by atoms with E-state index in [2.05, 4.69) is 19.3 Å². The van der Waals surface area contributed by atoms with Crippen molar-refractivity contribution in [3.8, 4) is 0 Å².